The Labute approximate surface area is 164 Å². The molecule has 3 rings (SSSR count). The quantitative estimate of drug-likeness (QED) is 0.493. The van der Waals surface area contributed by atoms with E-state index in [9.17, 15) is 4.79 Å². The number of benzene rings is 1. The second-order valence-corrected chi connectivity index (χ2v) is 6.98. The number of nitrogens with two attached hydrogens (primary N) is 1. The highest BCUT2D eigenvalue weighted by molar-refractivity contribution is 7.99. The van der Waals surface area contributed by atoms with Crippen LogP contribution in [0.5, 0.6) is 0 Å². The molecule has 0 aliphatic rings. The smallest absolute Gasteiger partial charge is 0.271 e. The lowest BCUT2D eigenvalue weighted by molar-refractivity contribution is -0.113. The molecule has 0 radical (unpaired) electrons. The standard InChI is InChI=1S/C16H15ClN8OS/c1-9-5-10(2)25(23-9)15-21-22-16(24(15)19)27-8-14(26)20-12-4-3-11(7-18)13(17)6-12/h3-6H,8,19H2,1-2H3,(H,20,26). The molecule has 2 aromatic heterocycles. The number of carbonyl (C=O) groups excluding carboxylic acids is 1. The van der Waals surface area contributed by atoms with Crippen molar-refractivity contribution in [2.45, 2.75) is 19.0 Å². The molecule has 3 N–H and O–H groups in total. The number of anilines is 1. The van der Waals surface area contributed by atoms with Crippen molar-refractivity contribution in [1.82, 2.24) is 24.7 Å². The van der Waals surface area contributed by atoms with E-state index in [0.29, 0.717) is 22.4 Å². The molecule has 0 fully saturated rings. The summed E-state index contributed by atoms with van der Waals surface area (Å²) < 4.78 is 2.88. The Morgan fingerprint density at radius 2 is 2.15 bits per heavy atom. The Kier molecular flexibility index (Phi) is 5.34. The van der Waals surface area contributed by atoms with Gasteiger partial charge in [-0.3, -0.25) is 4.79 Å². The van der Waals surface area contributed by atoms with Crippen molar-refractivity contribution in [2.75, 3.05) is 16.9 Å². The minimum Gasteiger partial charge on any atom is -0.334 e. The average molecular weight is 403 g/mol. The molecule has 0 aliphatic carbocycles. The van der Waals surface area contributed by atoms with Crippen molar-refractivity contribution in [2.24, 2.45) is 0 Å². The highest BCUT2D eigenvalue weighted by Crippen LogP contribution is 2.21. The predicted octanol–water partition coefficient (Wildman–Crippen LogP) is 2.05. The molecule has 9 nitrogen and oxygen atoms in total. The first kappa shape index (κ1) is 18.8. The third kappa shape index (κ3) is 4.05. The van der Waals surface area contributed by atoms with Gasteiger partial charge in [-0.05, 0) is 38.1 Å². The molecule has 0 unspecified atom stereocenters. The van der Waals surface area contributed by atoms with E-state index in [1.165, 1.54) is 10.7 Å². The number of aryl methyl sites for hydroxylation is 2. The fourth-order valence-corrected chi connectivity index (χ4v) is 3.23. The zero-order chi connectivity index (χ0) is 19.6. The van der Waals surface area contributed by atoms with Gasteiger partial charge in [0, 0.05) is 11.4 Å². The van der Waals surface area contributed by atoms with Gasteiger partial charge in [-0.1, -0.05) is 23.4 Å². The van der Waals surface area contributed by atoms with Gasteiger partial charge in [-0.2, -0.15) is 10.4 Å². The van der Waals surface area contributed by atoms with Crippen LogP contribution in [0, 0.1) is 25.2 Å². The molecule has 0 spiro atoms. The Bertz CT molecular complexity index is 1050. The third-order valence-corrected chi connectivity index (χ3v) is 4.81. The lowest BCUT2D eigenvalue weighted by atomic mass is 10.2. The molecule has 1 aromatic carbocycles. The van der Waals surface area contributed by atoms with Crippen LogP contribution in [0.1, 0.15) is 17.0 Å². The van der Waals surface area contributed by atoms with Gasteiger partial charge < -0.3 is 11.2 Å². The number of rotatable bonds is 5. The second kappa shape index (κ2) is 7.69. The topological polar surface area (TPSA) is 127 Å². The van der Waals surface area contributed by atoms with E-state index >= 15 is 0 Å². The van der Waals surface area contributed by atoms with Crippen molar-refractivity contribution in [3.63, 3.8) is 0 Å². The molecule has 0 atom stereocenters. The summed E-state index contributed by atoms with van der Waals surface area (Å²) in [6.45, 7) is 3.76. The summed E-state index contributed by atoms with van der Waals surface area (Å²) in [6.07, 6.45) is 0. The highest BCUT2D eigenvalue weighted by atomic mass is 35.5. The zero-order valence-electron chi connectivity index (χ0n) is 14.5. The third-order valence-electron chi connectivity index (χ3n) is 3.55. The van der Waals surface area contributed by atoms with Crippen LogP contribution in [-0.4, -0.2) is 36.3 Å². The molecular weight excluding hydrogens is 388 g/mol. The molecule has 0 saturated heterocycles. The van der Waals surface area contributed by atoms with Gasteiger partial charge >= 0.3 is 0 Å². The summed E-state index contributed by atoms with van der Waals surface area (Å²) in [5.41, 5.74) is 2.56. The summed E-state index contributed by atoms with van der Waals surface area (Å²) in [6, 6.07) is 8.54. The maximum absolute atomic E-state index is 12.1. The van der Waals surface area contributed by atoms with E-state index in [1.807, 2.05) is 26.0 Å². The van der Waals surface area contributed by atoms with Gasteiger partial charge in [0.15, 0.2) is 0 Å². The van der Waals surface area contributed by atoms with E-state index in [4.69, 9.17) is 22.7 Å². The van der Waals surface area contributed by atoms with Gasteiger partial charge in [-0.25, -0.2) is 9.36 Å². The molecule has 0 saturated carbocycles. The largest absolute Gasteiger partial charge is 0.334 e. The van der Waals surface area contributed by atoms with Crippen molar-refractivity contribution >= 4 is 35.0 Å². The van der Waals surface area contributed by atoms with Gasteiger partial charge in [0.2, 0.25) is 11.1 Å². The van der Waals surface area contributed by atoms with Crippen molar-refractivity contribution in [3.05, 3.63) is 46.2 Å². The fraction of sp³-hybridized carbons (Fsp3) is 0.188. The molecule has 3 aromatic rings. The summed E-state index contributed by atoms with van der Waals surface area (Å²) in [4.78, 5) is 12.1. The van der Waals surface area contributed by atoms with Crippen LogP contribution >= 0.6 is 23.4 Å². The lowest BCUT2D eigenvalue weighted by Crippen LogP contribution is -2.18. The summed E-state index contributed by atoms with van der Waals surface area (Å²) in [7, 11) is 0. The molecule has 27 heavy (non-hydrogen) atoms. The lowest BCUT2D eigenvalue weighted by Gasteiger charge is -2.07. The summed E-state index contributed by atoms with van der Waals surface area (Å²) in [5.74, 6) is 6.20. The minimum absolute atomic E-state index is 0.0735. The number of halogens is 1. The fourth-order valence-electron chi connectivity index (χ4n) is 2.35. The normalized spacial score (nSPS) is 10.6. The number of aromatic nitrogens is 5. The van der Waals surface area contributed by atoms with E-state index in [-0.39, 0.29) is 16.7 Å². The van der Waals surface area contributed by atoms with Crippen molar-refractivity contribution in [3.8, 4) is 12.0 Å². The molecule has 0 bridgehead atoms. The number of thioether (sulfide) groups is 1. The SMILES string of the molecule is Cc1cc(C)n(-c2nnc(SCC(=O)Nc3ccc(C#N)c(Cl)c3)n2N)n1. The maximum Gasteiger partial charge on any atom is 0.271 e. The number of nitrogen functional groups attached to an aromatic ring is 1. The Balaban J connectivity index is 1.65. The van der Waals surface area contributed by atoms with E-state index in [0.717, 1.165) is 23.1 Å². The number of nitrogens with zero attached hydrogens (tertiary/aromatic N) is 6. The number of amides is 1. The van der Waals surface area contributed by atoms with E-state index in [2.05, 4.69) is 20.6 Å². The Hall–Kier alpha value is -3.03. The van der Waals surface area contributed by atoms with Gasteiger partial charge in [-0.15, -0.1) is 10.2 Å². The second-order valence-electron chi connectivity index (χ2n) is 5.63. The van der Waals surface area contributed by atoms with Crippen LogP contribution in [0.25, 0.3) is 5.95 Å². The number of hydrogen-bond donors (Lipinski definition) is 2. The van der Waals surface area contributed by atoms with Crippen LogP contribution in [0.2, 0.25) is 5.02 Å². The molecule has 2 heterocycles. The van der Waals surface area contributed by atoms with Crippen LogP contribution < -0.4 is 11.2 Å². The highest BCUT2D eigenvalue weighted by Gasteiger charge is 2.16. The Morgan fingerprint density at radius 3 is 2.78 bits per heavy atom. The summed E-state index contributed by atoms with van der Waals surface area (Å²) >= 11 is 7.10. The van der Waals surface area contributed by atoms with Crippen molar-refractivity contribution in [1.29, 1.82) is 5.26 Å². The van der Waals surface area contributed by atoms with E-state index in [1.54, 1.807) is 16.8 Å². The maximum atomic E-state index is 12.1. The number of nitriles is 1. The minimum atomic E-state index is -0.267. The number of hydrogen-bond acceptors (Lipinski definition) is 7. The van der Waals surface area contributed by atoms with Crippen LogP contribution in [0.3, 0.4) is 0 Å². The van der Waals surface area contributed by atoms with E-state index < -0.39 is 0 Å². The number of nitrogens with one attached hydrogen (secondary N) is 1. The van der Waals surface area contributed by atoms with Crippen LogP contribution in [0.15, 0.2) is 29.4 Å². The molecule has 11 heteroatoms. The molecule has 138 valence electrons. The molecule has 1 amide bonds. The number of carbonyl (C=O) groups is 1. The van der Waals surface area contributed by atoms with Crippen molar-refractivity contribution < 1.29 is 4.79 Å². The van der Waals surface area contributed by atoms with Crippen LogP contribution in [0.4, 0.5) is 5.69 Å². The molecule has 0 aliphatic heterocycles. The predicted molar refractivity (Wildman–Crippen MR) is 102 cm³/mol. The van der Waals surface area contributed by atoms with Gasteiger partial charge in [0.25, 0.3) is 5.95 Å². The molecular formula is C16H15ClN8OS. The average Bonchev–Trinajstić information content (AvgIpc) is 3.14. The first-order chi connectivity index (χ1) is 12.9. The Morgan fingerprint density at radius 1 is 1.37 bits per heavy atom. The summed E-state index contributed by atoms with van der Waals surface area (Å²) in [5, 5.41) is 24.6. The first-order valence-corrected chi connectivity index (χ1v) is 9.12. The zero-order valence-corrected chi connectivity index (χ0v) is 16.0. The van der Waals surface area contributed by atoms with Crippen LogP contribution in [-0.2, 0) is 4.79 Å². The first-order valence-electron chi connectivity index (χ1n) is 7.75. The van der Waals surface area contributed by atoms with Gasteiger partial charge in [0.1, 0.15) is 6.07 Å². The van der Waals surface area contributed by atoms with Gasteiger partial charge in [0.05, 0.1) is 22.0 Å². The monoisotopic (exact) mass is 402 g/mol.